The summed E-state index contributed by atoms with van der Waals surface area (Å²) >= 11 is 0. The van der Waals surface area contributed by atoms with Crippen LogP contribution in [-0.4, -0.2) is 50.7 Å². The van der Waals surface area contributed by atoms with Crippen molar-refractivity contribution in [1.82, 2.24) is 14.7 Å². The molecule has 1 unspecified atom stereocenters. The minimum Gasteiger partial charge on any atom is -0.391 e. The Bertz CT molecular complexity index is 737. The standard InChI is InChI=1S/C19H26F2N4O2/c1-11(26)6-25-8-12-7-24(9-18(12)23-25)14-5-17(22)19(27-10-14)15-4-13(20)2-3-16(15)21/h2-3,8,11,14-15,17,19,26H,4-7,9-10,22H2,1H3/t11-,14-,15?,17+,19-/m1/s1. The molecule has 1 aromatic rings. The fourth-order valence-electron chi connectivity index (χ4n) is 4.33. The first kappa shape index (κ1) is 18.7. The van der Waals surface area contributed by atoms with E-state index in [0.29, 0.717) is 26.1 Å². The van der Waals surface area contributed by atoms with Crippen LogP contribution in [0.1, 0.15) is 31.0 Å². The summed E-state index contributed by atoms with van der Waals surface area (Å²) in [7, 11) is 0. The maximum absolute atomic E-state index is 14.1. The van der Waals surface area contributed by atoms with Crippen molar-refractivity contribution in [3.63, 3.8) is 0 Å². The van der Waals surface area contributed by atoms with Gasteiger partial charge in [-0.3, -0.25) is 9.58 Å². The third-order valence-corrected chi connectivity index (χ3v) is 5.66. The molecule has 148 valence electrons. The number of allylic oxidation sites excluding steroid dienone is 3. The van der Waals surface area contributed by atoms with Crippen LogP contribution in [0.2, 0.25) is 0 Å². The van der Waals surface area contributed by atoms with Crippen molar-refractivity contribution in [3.8, 4) is 0 Å². The van der Waals surface area contributed by atoms with Gasteiger partial charge in [0.25, 0.3) is 0 Å². The Morgan fingerprint density at radius 1 is 1.37 bits per heavy atom. The Hall–Kier alpha value is -1.61. The van der Waals surface area contributed by atoms with E-state index < -0.39 is 18.1 Å². The Balaban J connectivity index is 1.36. The Morgan fingerprint density at radius 3 is 2.89 bits per heavy atom. The summed E-state index contributed by atoms with van der Waals surface area (Å²) in [6.45, 7) is 4.14. The zero-order chi connectivity index (χ0) is 19.1. The van der Waals surface area contributed by atoms with E-state index in [4.69, 9.17) is 10.5 Å². The van der Waals surface area contributed by atoms with Crippen molar-refractivity contribution in [2.75, 3.05) is 6.61 Å². The van der Waals surface area contributed by atoms with Gasteiger partial charge in [0.05, 0.1) is 31.1 Å². The highest BCUT2D eigenvalue weighted by atomic mass is 19.1. The molecule has 3 N–H and O–H groups in total. The number of hydrogen-bond donors (Lipinski definition) is 2. The van der Waals surface area contributed by atoms with Crippen LogP contribution in [0.15, 0.2) is 30.0 Å². The van der Waals surface area contributed by atoms with Gasteiger partial charge in [0.1, 0.15) is 11.7 Å². The first-order valence-electron chi connectivity index (χ1n) is 9.47. The molecule has 3 heterocycles. The molecule has 3 aliphatic rings. The molecule has 0 saturated carbocycles. The summed E-state index contributed by atoms with van der Waals surface area (Å²) in [6, 6.07) is -0.214. The van der Waals surface area contributed by atoms with Crippen molar-refractivity contribution in [2.45, 2.75) is 63.7 Å². The summed E-state index contributed by atoms with van der Waals surface area (Å²) in [5.41, 5.74) is 8.47. The van der Waals surface area contributed by atoms with Crippen molar-refractivity contribution in [3.05, 3.63) is 41.3 Å². The highest BCUT2D eigenvalue weighted by Crippen LogP contribution is 2.36. The lowest BCUT2D eigenvalue weighted by molar-refractivity contribution is -0.0729. The molecule has 0 aromatic carbocycles. The zero-order valence-corrected chi connectivity index (χ0v) is 15.4. The van der Waals surface area contributed by atoms with E-state index in [1.165, 1.54) is 12.2 Å². The number of nitrogens with two attached hydrogens (primary N) is 1. The minimum atomic E-state index is -0.634. The van der Waals surface area contributed by atoms with Gasteiger partial charge in [-0.2, -0.15) is 5.10 Å². The molecule has 1 aromatic heterocycles. The zero-order valence-electron chi connectivity index (χ0n) is 15.4. The average molecular weight is 380 g/mol. The third-order valence-electron chi connectivity index (χ3n) is 5.66. The van der Waals surface area contributed by atoms with Crippen LogP contribution in [0, 0.1) is 5.92 Å². The summed E-state index contributed by atoms with van der Waals surface area (Å²) in [5, 5.41) is 14.0. The molecule has 0 spiro atoms. The van der Waals surface area contributed by atoms with Crippen LogP contribution >= 0.6 is 0 Å². The first-order chi connectivity index (χ1) is 12.9. The number of fused-ring (bicyclic) bond motifs is 1. The van der Waals surface area contributed by atoms with E-state index in [1.807, 2.05) is 6.20 Å². The van der Waals surface area contributed by atoms with Crippen molar-refractivity contribution in [1.29, 1.82) is 0 Å². The second-order valence-electron chi connectivity index (χ2n) is 7.90. The molecular formula is C19H26F2N4O2. The molecular weight excluding hydrogens is 354 g/mol. The van der Waals surface area contributed by atoms with Gasteiger partial charge in [-0.1, -0.05) is 0 Å². The van der Waals surface area contributed by atoms with Crippen molar-refractivity contribution >= 4 is 0 Å². The predicted molar refractivity (Wildman–Crippen MR) is 95.8 cm³/mol. The molecule has 27 heavy (non-hydrogen) atoms. The van der Waals surface area contributed by atoms with Gasteiger partial charge in [0.2, 0.25) is 0 Å². The van der Waals surface area contributed by atoms with Crippen LogP contribution in [0.25, 0.3) is 0 Å². The van der Waals surface area contributed by atoms with E-state index in [1.54, 1.807) is 11.6 Å². The van der Waals surface area contributed by atoms with Gasteiger partial charge in [0, 0.05) is 49.3 Å². The summed E-state index contributed by atoms with van der Waals surface area (Å²) in [5.74, 6) is -1.33. The third kappa shape index (κ3) is 3.85. The lowest BCUT2D eigenvalue weighted by Gasteiger charge is -2.41. The number of ether oxygens (including phenoxy) is 1. The molecule has 4 rings (SSSR count). The van der Waals surface area contributed by atoms with E-state index >= 15 is 0 Å². The maximum atomic E-state index is 14.1. The van der Waals surface area contributed by atoms with Gasteiger partial charge >= 0.3 is 0 Å². The Kier molecular flexibility index (Phi) is 5.15. The van der Waals surface area contributed by atoms with E-state index in [2.05, 4.69) is 10.00 Å². The van der Waals surface area contributed by atoms with Gasteiger partial charge in [-0.05, 0) is 25.5 Å². The monoisotopic (exact) mass is 380 g/mol. The molecule has 0 radical (unpaired) electrons. The van der Waals surface area contributed by atoms with Crippen molar-refractivity contribution < 1.29 is 18.6 Å². The lowest BCUT2D eigenvalue weighted by Crippen LogP contribution is -2.53. The highest BCUT2D eigenvalue weighted by Gasteiger charge is 2.40. The largest absolute Gasteiger partial charge is 0.391 e. The number of hydrogen-bond acceptors (Lipinski definition) is 5. The van der Waals surface area contributed by atoms with Gasteiger partial charge < -0.3 is 15.6 Å². The molecule has 0 amide bonds. The second kappa shape index (κ2) is 7.43. The Labute approximate surface area is 157 Å². The van der Waals surface area contributed by atoms with Crippen LogP contribution < -0.4 is 5.73 Å². The van der Waals surface area contributed by atoms with Crippen molar-refractivity contribution in [2.24, 2.45) is 11.7 Å². The molecule has 6 nitrogen and oxygen atoms in total. The molecule has 1 fully saturated rings. The summed E-state index contributed by atoms with van der Waals surface area (Å²) < 4.78 is 35.4. The molecule has 5 atom stereocenters. The number of aliphatic hydroxyl groups is 1. The number of aromatic nitrogens is 2. The second-order valence-corrected chi connectivity index (χ2v) is 7.90. The van der Waals surface area contributed by atoms with Crippen LogP contribution in [0.4, 0.5) is 8.78 Å². The van der Waals surface area contributed by atoms with Gasteiger partial charge in [0.15, 0.2) is 0 Å². The first-order valence-corrected chi connectivity index (χ1v) is 9.47. The molecule has 0 bridgehead atoms. The van der Waals surface area contributed by atoms with Crippen LogP contribution in [-0.2, 0) is 24.4 Å². The molecule has 2 aliphatic heterocycles. The highest BCUT2D eigenvalue weighted by molar-refractivity contribution is 5.23. The molecule has 1 aliphatic carbocycles. The smallest absolute Gasteiger partial charge is 0.106 e. The van der Waals surface area contributed by atoms with E-state index in [9.17, 15) is 13.9 Å². The maximum Gasteiger partial charge on any atom is 0.106 e. The normalized spacial score (nSPS) is 32.8. The number of rotatable bonds is 4. The fourth-order valence-corrected chi connectivity index (χ4v) is 4.33. The lowest BCUT2D eigenvalue weighted by atomic mass is 9.85. The van der Waals surface area contributed by atoms with Gasteiger partial charge in [-0.15, -0.1) is 0 Å². The minimum absolute atomic E-state index is 0.0118. The molecule has 1 saturated heterocycles. The molecule has 8 heteroatoms. The SMILES string of the molecule is C[C@@H](O)Cn1cc2c(n1)CN([C@H]1CO[C@H](C3CC(F)=CC=C3F)[C@@H](N)C1)C2. The number of aliphatic hydroxyl groups excluding tert-OH is 1. The predicted octanol–water partition coefficient (Wildman–Crippen LogP) is 1.79. The summed E-state index contributed by atoms with van der Waals surface area (Å²) in [4.78, 5) is 2.27. The van der Waals surface area contributed by atoms with Crippen LogP contribution in [0.3, 0.4) is 0 Å². The average Bonchev–Trinajstić information content (AvgIpc) is 3.15. The summed E-state index contributed by atoms with van der Waals surface area (Å²) in [6.07, 6.45) is 4.08. The Morgan fingerprint density at radius 2 is 2.19 bits per heavy atom. The van der Waals surface area contributed by atoms with E-state index in [-0.39, 0.29) is 30.2 Å². The van der Waals surface area contributed by atoms with E-state index in [0.717, 1.165) is 17.8 Å². The van der Waals surface area contributed by atoms with Crippen LogP contribution in [0.5, 0.6) is 0 Å². The quantitative estimate of drug-likeness (QED) is 0.833. The number of nitrogens with zero attached hydrogens (tertiary/aromatic N) is 3. The van der Waals surface area contributed by atoms with Gasteiger partial charge in [-0.25, -0.2) is 8.78 Å². The number of halogens is 2. The topological polar surface area (TPSA) is 76.5 Å². The fraction of sp³-hybridized carbons (Fsp3) is 0.632.